The van der Waals surface area contributed by atoms with Crippen LogP contribution in [-0.4, -0.2) is 76.4 Å². The van der Waals surface area contributed by atoms with Gasteiger partial charge in [-0.3, -0.25) is 24.6 Å². The number of ether oxygens (including phenoxy) is 1. The van der Waals surface area contributed by atoms with Crippen molar-refractivity contribution in [3.05, 3.63) is 83.9 Å². The van der Waals surface area contributed by atoms with Gasteiger partial charge < -0.3 is 14.9 Å². The Bertz CT molecular complexity index is 1700. The first-order valence-corrected chi connectivity index (χ1v) is 16.2. The third kappa shape index (κ3) is 6.50. The Kier molecular flexibility index (Phi) is 9.11. The Balaban J connectivity index is 1.14. The summed E-state index contributed by atoms with van der Waals surface area (Å²) >= 11 is 0. The van der Waals surface area contributed by atoms with E-state index in [1.54, 1.807) is 18.9 Å². The van der Waals surface area contributed by atoms with E-state index < -0.39 is 41.7 Å². The fourth-order valence-corrected chi connectivity index (χ4v) is 6.62. The molecule has 3 unspecified atom stereocenters. The quantitative estimate of drug-likeness (QED) is 0.299. The van der Waals surface area contributed by atoms with Crippen LogP contribution in [0.3, 0.4) is 0 Å². The van der Waals surface area contributed by atoms with E-state index in [1.807, 2.05) is 91.5 Å². The minimum atomic E-state index is -1.15. The molecule has 2 saturated heterocycles. The molecule has 11 heteroatoms. The van der Waals surface area contributed by atoms with E-state index in [0.29, 0.717) is 31.8 Å². The molecule has 246 valence electrons. The normalized spacial score (nSPS) is 23.1. The van der Waals surface area contributed by atoms with Crippen LogP contribution in [0.25, 0.3) is 10.8 Å². The lowest BCUT2D eigenvalue weighted by Crippen LogP contribution is -2.58. The second kappa shape index (κ2) is 13.2. The van der Waals surface area contributed by atoms with E-state index in [0.717, 1.165) is 21.9 Å². The number of hydrogen-bond donors (Lipinski definition) is 2. The van der Waals surface area contributed by atoms with Crippen molar-refractivity contribution in [2.45, 2.75) is 70.9 Å². The third-order valence-electron chi connectivity index (χ3n) is 9.11. The first-order valence-electron chi connectivity index (χ1n) is 16.2. The van der Waals surface area contributed by atoms with E-state index in [9.17, 15) is 19.2 Å². The number of imide groups is 1. The maximum absolute atomic E-state index is 14.3. The minimum absolute atomic E-state index is 0.0527. The molecular weight excluding hydrogens is 598 g/mol. The van der Waals surface area contributed by atoms with E-state index in [4.69, 9.17) is 14.6 Å². The Morgan fingerprint density at radius 2 is 1.68 bits per heavy atom. The second-order valence-corrected chi connectivity index (χ2v) is 13.1. The maximum atomic E-state index is 14.3. The van der Waals surface area contributed by atoms with Crippen LogP contribution in [0.1, 0.15) is 51.7 Å². The van der Waals surface area contributed by atoms with Crippen molar-refractivity contribution < 1.29 is 28.8 Å². The number of ketones is 1. The van der Waals surface area contributed by atoms with E-state index in [-0.39, 0.29) is 24.2 Å². The van der Waals surface area contributed by atoms with E-state index in [1.165, 1.54) is 0 Å². The van der Waals surface area contributed by atoms with Gasteiger partial charge in [0.1, 0.15) is 12.6 Å². The summed E-state index contributed by atoms with van der Waals surface area (Å²) in [6.45, 7) is 8.38. The summed E-state index contributed by atoms with van der Waals surface area (Å²) in [5, 5.41) is 8.75. The summed E-state index contributed by atoms with van der Waals surface area (Å²) in [5.41, 5.74) is 0.484. The van der Waals surface area contributed by atoms with Crippen LogP contribution in [0, 0.1) is 11.8 Å². The number of nitrogens with zero attached hydrogens (tertiary/aromatic N) is 3. The summed E-state index contributed by atoms with van der Waals surface area (Å²) in [4.78, 5) is 66.6. The molecule has 2 fully saturated rings. The lowest BCUT2D eigenvalue weighted by molar-refractivity contribution is -0.137. The first kappa shape index (κ1) is 32.3. The van der Waals surface area contributed by atoms with Gasteiger partial charge in [0.25, 0.3) is 0 Å². The van der Waals surface area contributed by atoms with Crippen molar-refractivity contribution in [3.63, 3.8) is 0 Å². The number of Topliss-reactive ketones (excluding diaryl/α,β-unsaturated/α-hetero) is 1. The SMILES string of the molecule is CC(C)C(C(=O)C12CN1OC(c1cccc3ccccc13)=N2)N1CCC[C@H]1C(=O)NC(=O)[C@@H](NC(=O)OCc1ccccc1)C(C)C. The van der Waals surface area contributed by atoms with Crippen LogP contribution < -0.4 is 10.6 Å². The van der Waals surface area contributed by atoms with Gasteiger partial charge in [-0.2, -0.15) is 0 Å². The van der Waals surface area contributed by atoms with Crippen LogP contribution >= 0.6 is 0 Å². The topological polar surface area (TPSA) is 129 Å². The number of alkyl carbamates (subject to hydrolysis) is 1. The van der Waals surface area contributed by atoms with Gasteiger partial charge in [-0.1, -0.05) is 94.4 Å². The number of fused-ring (bicyclic) bond motifs is 2. The molecule has 0 saturated carbocycles. The zero-order valence-corrected chi connectivity index (χ0v) is 27.1. The van der Waals surface area contributed by atoms with E-state index >= 15 is 0 Å². The predicted molar refractivity (Wildman–Crippen MR) is 176 cm³/mol. The van der Waals surface area contributed by atoms with Crippen molar-refractivity contribution in [2.75, 3.05) is 13.1 Å². The van der Waals surface area contributed by atoms with Crippen LogP contribution in [0.5, 0.6) is 0 Å². The number of carbonyl (C=O) groups excluding carboxylic acids is 4. The zero-order chi connectivity index (χ0) is 33.3. The number of amides is 3. The number of aliphatic imine (C=N–C) groups is 1. The summed E-state index contributed by atoms with van der Waals surface area (Å²) < 4.78 is 5.30. The standard InChI is InChI=1S/C36H41N5O6/c1-22(2)29(37-35(45)46-20-24-12-6-5-7-13-24)33(44)38-32(43)28-18-11-19-40(28)30(23(3)4)31(42)36-21-41(36)47-34(39-36)27-17-10-15-25-14-8-9-16-26(25)27/h5-10,12-17,22-23,28-30H,11,18-21H2,1-4H3,(H,37,45)(H,38,43,44)/t28-,29-,30?,36?,41?/m0/s1. The molecule has 0 spiro atoms. The molecule has 3 aliphatic heterocycles. The van der Waals surface area contributed by atoms with Crippen molar-refractivity contribution >= 4 is 40.4 Å². The molecular formula is C36H41N5O6. The molecule has 0 bridgehead atoms. The average molecular weight is 640 g/mol. The molecule has 5 atom stereocenters. The number of likely N-dealkylation sites (tertiary alicyclic amines) is 1. The molecule has 3 aromatic rings. The molecule has 3 aliphatic rings. The van der Waals surface area contributed by atoms with Crippen molar-refractivity contribution in [1.29, 1.82) is 0 Å². The van der Waals surface area contributed by atoms with Gasteiger partial charge in [0.15, 0.2) is 5.78 Å². The third-order valence-corrected chi connectivity index (χ3v) is 9.11. The fraction of sp³-hybridized carbons (Fsp3) is 0.417. The summed E-state index contributed by atoms with van der Waals surface area (Å²) in [6, 6.07) is 20.7. The van der Waals surface area contributed by atoms with Crippen molar-refractivity contribution in [1.82, 2.24) is 20.6 Å². The number of hydroxylamine groups is 2. The van der Waals surface area contributed by atoms with Gasteiger partial charge in [-0.15, -0.1) is 5.06 Å². The van der Waals surface area contributed by atoms with Gasteiger partial charge in [0, 0.05) is 5.56 Å². The Labute approximate surface area is 274 Å². The molecule has 0 aliphatic carbocycles. The van der Waals surface area contributed by atoms with Crippen LogP contribution in [0.4, 0.5) is 4.79 Å². The number of carbonyl (C=O) groups is 4. The Hall–Kier alpha value is -4.61. The van der Waals surface area contributed by atoms with Gasteiger partial charge in [-0.25, -0.2) is 9.79 Å². The fourth-order valence-electron chi connectivity index (χ4n) is 6.62. The molecule has 47 heavy (non-hydrogen) atoms. The van der Waals surface area contributed by atoms with Gasteiger partial charge in [0.05, 0.1) is 18.6 Å². The molecule has 2 N–H and O–H groups in total. The lowest BCUT2D eigenvalue weighted by Gasteiger charge is -2.34. The molecule has 11 nitrogen and oxygen atoms in total. The smallest absolute Gasteiger partial charge is 0.408 e. The molecule has 3 amide bonds. The van der Waals surface area contributed by atoms with Crippen LogP contribution in [0.15, 0.2) is 77.8 Å². The monoisotopic (exact) mass is 639 g/mol. The Morgan fingerprint density at radius 1 is 0.957 bits per heavy atom. The molecule has 3 aromatic carbocycles. The van der Waals surface area contributed by atoms with Gasteiger partial charge in [-0.05, 0) is 53.6 Å². The molecule has 3 heterocycles. The van der Waals surface area contributed by atoms with Crippen molar-refractivity contribution in [2.24, 2.45) is 16.8 Å². The van der Waals surface area contributed by atoms with Gasteiger partial charge >= 0.3 is 6.09 Å². The Morgan fingerprint density at radius 3 is 2.43 bits per heavy atom. The first-order chi connectivity index (χ1) is 22.6. The summed E-state index contributed by atoms with van der Waals surface area (Å²) in [6.07, 6.45) is 0.434. The highest BCUT2D eigenvalue weighted by Crippen LogP contribution is 2.44. The number of rotatable bonds is 11. The molecule has 0 aromatic heterocycles. The van der Waals surface area contributed by atoms with Crippen LogP contribution in [-0.2, 0) is 30.6 Å². The summed E-state index contributed by atoms with van der Waals surface area (Å²) in [7, 11) is 0. The predicted octanol–water partition coefficient (Wildman–Crippen LogP) is 4.20. The van der Waals surface area contributed by atoms with E-state index in [2.05, 4.69) is 10.6 Å². The van der Waals surface area contributed by atoms with Crippen molar-refractivity contribution in [3.8, 4) is 0 Å². The maximum Gasteiger partial charge on any atom is 0.408 e. The minimum Gasteiger partial charge on any atom is -0.445 e. The van der Waals surface area contributed by atoms with Gasteiger partial charge in [0.2, 0.25) is 23.4 Å². The highest BCUT2D eigenvalue weighted by atomic mass is 16.7. The number of benzene rings is 3. The number of nitrogens with one attached hydrogen (secondary N) is 2. The highest BCUT2D eigenvalue weighted by Gasteiger charge is 2.68. The lowest BCUT2D eigenvalue weighted by atomic mass is 9.92. The molecule has 0 radical (unpaired) electrons. The highest BCUT2D eigenvalue weighted by molar-refractivity contribution is 6.10. The largest absolute Gasteiger partial charge is 0.445 e. The summed E-state index contributed by atoms with van der Waals surface area (Å²) in [5.74, 6) is -1.29. The number of hydrogen-bond acceptors (Lipinski definition) is 9. The second-order valence-electron chi connectivity index (χ2n) is 13.1. The molecule has 6 rings (SSSR count). The zero-order valence-electron chi connectivity index (χ0n) is 27.1. The average Bonchev–Trinajstić information content (AvgIpc) is 3.35. The van der Waals surface area contributed by atoms with Crippen LogP contribution in [0.2, 0.25) is 0 Å².